The van der Waals surface area contributed by atoms with Gasteiger partial charge < -0.3 is 21.5 Å². The van der Waals surface area contributed by atoms with Gasteiger partial charge in [0.2, 0.25) is 5.91 Å². The van der Waals surface area contributed by atoms with Gasteiger partial charge in [-0.15, -0.1) is 0 Å². The maximum atomic E-state index is 13.3. The van der Waals surface area contributed by atoms with Gasteiger partial charge in [0.05, 0.1) is 12.1 Å². The Hall–Kier alpha value is -4.09. The first-order chi connectivity index (χ1) is 18.4. The molecule has 194 valence electrons. The van der Waals surface area contributed by atoms with Crippen LogP contribution in [0.4, 0.5) is 5.69 Å². The van der Waals surface area contributed by atoms with Crippen molar-refractivity contribution in [2.24, 2.45) is 5.73 Å². The van der Waals surface area contributed by atoms with E-state index < -0.39 is 6.04 Å². The summed E-state index contributed by atoms with van der Waals surface area (Å²) in [5.41, 5.74) is 15.1. The van der Waals surface area contributed by atoms with E-state index in [2.05, 4.69) is 77.4 Å². The van der Waals surface area contributed by atoms with Crippen LogP contribution in [0.15, 0.2) is 91.0 Å². The van der Waals surface area contributed by atoms with Crippen LogP contribution < -0.4 is 16.4 Å². The van der Waals surface area contributed by atoms with E-state index in [1.54, 1.807) is 12.1 Å². The summed E-state index contributed by atoms with van der Waals surface area (Å²) in [4.78, 5) is 13.3. The smallest absolute Gasteiger partial charge is 0.237 e. The van der Waals surface area contributed by atoms with Crippen LogP contribution >= 0.6 is 0 Å². The van der Waals surface area contributed by atoms with Crippen molar-refractivity contribution in [1.29, 1.82) is 0 Å². The molecular formula is C33H35N3O2. The van der Waals surface area contributed by atoms with Gasteiger partial charge in [-0.25, -0.2) is 0 Å². The number of anilines is 1. The minimum Gasteiger partial charge on any atom is -0.508 e. The average Bonchev–Trinajstić information content (AvgIpc) is 2.92. The monoisotopic (exact) mass is 505 g/mol. The third kappa shape index (κ3) is 5.43. The Morgan fingerprint density at radius 2 is 1.53 bits per heavy atom. The van der Waals surface area contributed by atoms with Crippen LogP contribution in [-0.4, -0.2) is 23.6 Å². The van der Waals surface area contributed by atoms with E-state index in [0.717, 1.165) is 40.9 Å². The standard InChI is InChI=1S/C33H35N3O2/c1-21-17-26(37)18-22(2)27(21)20-29(34)33(38)36-31-15-16-35-30-14-13-25(19-28(30)31)32(23-9-5-3-6-10-23)24-11-7-4-8-12-24/h3-14,17-19,29,31-32,35,37H,15-16,20,34H2,1-2H3,(H,36,38). The maximum absolute atomic E-state index is 13.3. The van der Waals surface area contributed by atoms with E-state index in [-0.39, 0.29) is 23.6 Å². The molecule has 1 amide bonds. The lowest BCUT2D eigenvalue weighted by molar-refractivity contribution is -0.123. The van der Waals surface area contributed by atoms with Crippen LogP contribution in [0.25, 0.3) is 0 Å². The number of hydrogen-bond donors (Lipinski definition) is 4. The van der Waals surface area contributed by atoms with E-state index in [9.17, 15) is 9.90 Å². The highest BCUT2D eigenvalue weighted by Gasteiger charge is 2.27. The molecule has 38 heavy (non-hydrogen) atoms. The van der Waals surface area contributed by atoms with Crippen molar-refractivity contribution in [3.05, 3.63) is 130 Å². The second-order valence-electron chi connectivity index (χ2n) is 10.2. The molecule has 0 saturated carbocycles. The highest BCUT2D eigenvalue weighted by atomic mass is 16.3. The van der Waals surface area contributed by atoms with Crippen molar-refractivity contribution >= 4 is 11.6 Å². The molecule has 0 radical (unpaired) electrons. The SMILES string of the molecule is Cc1cc(O)cc(C)c1CC(N)C(=O)NC1CCNc2ccc(C(c3ccccc3)c3ccccc3)cc21. The molecule has 1 aliphatic heterocycles. The van der Waals surface area contributed by atoms with E-state index >= 15 is 0 Å². The van der Waals surface area contributed by atoms with E-state index in [1.807, 2.05) is 26.0 Å². The van der Waals surface area contributed by atoms with Crippen LogP contribution in [0.2, 0.25) is 0 Å². The number of phenolic OH excluding ortho intramolecular Hbond substituents is 1. The molecule has 4 aromatic carbocycles. The Labute approximate surface area is 224 Å². The number of carbonyl (C=O) groups is 1. The van der Waals surface area contributed by atoms with Crippen molar-refractivity contribution in [3.63, 3.8) is 0 Å². The fourth-order valence-corrected chi connectivity index (χ4v) is 5.62. The number of carbonyl (C=O) groups excluding carboxylic acids is 1. The molecule has 0 aromatic heterocycles. The first-order valence-corrected chi connectivity index (χ1v) is 13.2. The number of nitrogens with two attached hydrogens (primary N) is 1. The van der Waals surface area contributed by atoms with Crippen molar-refractivity contribution in [2.45, 2.75) is 44.7 Å². The molecule has 0 aliphatic carbocycles. The molecule has 0 spiro atoms. The van der Waals surface area contributed by atoms with E-state index in [1.165, 1.54) is 16.7 Å². The van der Waals surface area contributed by atoms with Gasteiger partial charge in [0.1, 0.15) is 5.75 Å². The zero-order valence-electron chi connectivity index (χ0n) is 21.9. The van der Waals surface area contributed by atoms with Gasteiger partial charge in [-0.3, -0.25) is 4.79 Å². The van der Waals surface area contributed by atoms with E-state index in [0.29, 0.717) is 6.42 Å². The lowest BCUT2D eigenvalue weighted by Gasteiger charge is -2.30. The summed E-state index contributed by atoms with van der Waals surface area (Å²) in [6.07, 6.45) is 1.21. The van der Waals surface area contributed by atoms with E-state index in [4.69, 9.17) is 5.73 Å². The normalized spacial score (nSPS) is 15.4. The maximum Gasteiger partial charge on any atom is 0.237 e. The lowest BCUT2D eigenvalue weighted by Crippen LogP contribution is -2.44. The van der Waals surface area contributed by atoms with Gasteiger partial charge in [0.25, 0.3) is 0 Å². The summed E-state index contributed by atoms with van der Waals surface area (Å²) in [6.45, 7) is 4.66. The first kappa shape index (κ1) is 25.6. The number of aryl methyl sites for hydroxylation is 2. The Morgan fingerprint density at radius 1 is 0.921 bits per heavy atom. The number of rotatable bonds is 7. The molecule has 5 heteroatoms. The third-order valence-corrected chi connectivity index (χ3v) is 7.56. The summed E-state index contributed by atoms with van der Waals surface area (Å²) in [6, 6.07) is 30.2. The largest absolute Gasteiger partial charge is 0.508 e. The van der Waals surface area contributed by atoms with Crippen LogP contribution in [0.5, 0.6) is 5.75 Å². The Morgan fingerprint density at radius 3 is 2.13 bits per heavy atom. The molecule has 5 nitrogen and oxygen atoms in total. The molecule has 2 atom stereocenters. The van der Waals surface area contributed by atoms with Gasteiger partial charge in [-0.05, 0) is 83.8 Å². The zero-order chi connectivity index (χ0) is 26.6. The Bertz CT molecular complexity index is 1360. The second-order valence-corrected chi connectivity index (χ2v) is 10.2. The van der Waals surface area contributed by atoms with Crippen molar-refractivity contribution in [3.8, 4) is 5.75 Å². The highest BCUT2D eigenvalue weighted by molar-refractivity contribution is 5.83. The fourth-order valence-electron chi connectivity index (χ4n) is 5.62. The van der Waals surface area contributed by atoms with Gasteiger partial charge >= 0.3 is 0 Å². The minimum absolute atomic E-state index is 0.0867. The summed E-state index contributed by atoms with van der Waals surface area (Å²) in [7, 11) is 0. The summed E-state index contributed by atoms with van der Waals surface area (Å²) >= 11 is 0. The van der Waals surface area contributed by atoms with Crippen molar-refractivity contribution in [1.82, 2.24) is 5.32 Å². The summed E-state index contributed by atoms with van der Waals surface area (Å²) < 4.78 is 0. The second kappa shape index (κ2) is 11.1. The third-order valence-electron chi connectivity index (χ3n) is 7.56. The summed E-state index contributed by atoms with van der Waals surface area (Å²) in [5, 5.41) is 16.6. The minimum atomic E-state index is -0.681. The highest BCUT2D eigenvalue weighted by Crippen LogP contribution is 2.37. The number of benzene rings is 4. The Balaban J connectivity index is 1.41. The fraction of sp³-hybridized carbons (Fsp3) is 0.242. The number of nitrogens with one attached hydrogen (secondary N) is 2. The zero-order valence-corrected chi connectivity index (χ0v) is 21.9. The number of hydrogen-bond acceptors (Lipinski definition) is 4. The molecule has 0 bridgehead atoms. The molecule has 0 saturated heterocycles. The topological polar surface area (TPSA) is 87.4 Å². The molecule has 4 aromatic rings. The predicted molar refractivity (Wildman–Crippen MR) is 154 cm³/mol. The molecule has 1 aliphatic rings. The van der Waals surface area contributed by atoms with Crippen LogP contribution in [0, 0.1) is 13.8 Å². The van der Waals surface area contributed by atoms with Gasteiger partial charge in [0.15, 0.2) is 0 Å². The van der Waals surface area contributed by atoms with Gasteiger partial charge in [-0.2, -0.15) is 0 Å². The quantitative estimate of drug-likeness (QED) is 0.242. The van der Waals surface area contributed by atoms with Crippen molar-refractivity contribution < 1.29 is 9.90 Å². The van der Waals surface area contributed by atoms with Gasteiger partial charge in [-0.1, -0.05) is 72.8 Å². The number of phenols is 1. The number of fused-ring (bicyclic) bond motifs is 1. The molecule has 5 rings (SSSR count). The first-order valence-electron chi connectivity index (χ1n) is 13.2. The summed E-state index contributed by atoms with van der Waals surface area (Å²) in [5.74, 6) is 0.152. The van der Waals surface area contributed by atoms with Crippen LogP contribution in [0.3, 0.4) is 0 Å². The Kier molecular flexibility index (Phi) is 7.47. The van der Waals surface area contributed by atoms with Gasteiger partial charge in [0, 0.05) is 18.2 Å². The number of amides is 1. The van der Waals surface area contributed by atoms with Crippen LogP contribution in [0.1, 0.15) is 57.3 Å². The lowest BCUT2D eigenvalue weighted by atomic mass is 9.83. The molecule has 2 unspecified atom stereocenters. The molecular weight excluding hydrogens is 470 g/mol. The molecule has 0 fully saturated rings. The van der Waals surface area contributed by atoms with Crippen molar-refractivity contribution in [2.75, 3.05) is 11.9 Å². The average molecular weight is 506 g/mol. The number of aromatic hydroxyl groups is 1. The molecule has 5 N–H and O–H groups in total. The predicted octanol–water partition coefficient (Wildman–Crippen LogP) is 5.73. The molecule has 1 heterocycles. The van der Waals surface area contributed by atoms with Crippen LogP contribution in [-0.2, 0) is 11.2 Å².